The summed E-state index contributed by atoms with van der Waals surface area (Å²) >= 11 is 0. The van der Waals surface area contributed by atoms with E-state index in [4.69, 9.17) is 0 Å². The monoisotopic (exact) mass is 295 g/mol. The quantitative estimate of drug-likeness (QED) is 0.779. The topological polar surface area (TPSA) is 18.5 Å². The smallest absolute Gasteiger partial charge is 0.00501 e. The van der Waals surface area contributed by atoms with E-state index in [-0.39, 0.29) is 0 Å². The molecule has 2 fully saturated rings. The van der Waals surface area contributed by atoms with Gasteiger partial charge < -0.3 is 15.1 Å². The first-order chi connectivity index (χ1) is 10.1. The van der Waals surface area contributed by atoms with Gasteiger partial charge in [-0.2, -0.15) is 0 Å². The number of rotatable bonds is 7. The lowest BCUT2D eigenvalue weighted by Crippen LogP contribution is -2.48. The lowest BCUT2D eigenvalue weighted by atomic mass is 9.73. The zero-order chi connectivity index (χ0) is 15.1. The first-order valence-corrected chi connectivity index (χ1v) is 9.21. The van der Waals surface area contributed by atoms with Crippen LogP contribution in [0, 0.1) is 11.3 Å². The SMILES string of the molecule is CCNCC1(CN2CCC(CN(C)C)CC2)CCCCC1. The molecule has 1 heterocycles. The molecule has 0 aromatic carbocycles. The molecule has 1 saturated carbocycles. The summed E-state index contributed by atoms with van der Waals surface area (Å²) in [4.78, 5) is 5.13. The Hall–Kier alpha value is -0.120. The molecular formula is C18H37N3. The number of nitrogens with zero attached hydrogens (tertiary/aromatic N) is 2. The molecule has 0 aromatic heterocycles. The molecule has 1 N–H and O–H groups in total. The van der Waals surface area contributed by atoms with E-state index in [0.717, 1.165) is 12.5 Å². The van der Waals surface area contributed by atoms with Gasteiger partial charge in [0.05, 0.1) is 0 Å². The molecule has 3 nitrogen and oxygen atoms in total. The number of piperidine rings is 1. The fourth-order valence-corrected chi connectivity index (χ4v) is 4.40. The summed E-state index contributed by atoms with van der Waals surface area (Å²) in [6, 6.07) is 0. The van der Waals surface area contributed by atoms with Crippen molar-refractivity contribution in [3.8, 4) is 0 Å². The molecule has 124 valence electrons. The maximum Gasteiger partial charge on any atom is 0.00501 e. The van der Waals surface area contributed by atoms with Gasteiger partial charge in [-0.25, -0.2) is 0 Å². The van der Waals surface area contributed by atoms with Crippen LogP contribution in [0.3, 0.4) is 0 Å². The maximum absolute atomic E-state index is 3.65. The largest absolute Gasteiger partial charge is 0.316 e. The Morgan fingerprint density at radius 3 is 2.33 bits per heavy atom. The van der Waals surface area contributed by atoms with Crippen molar-refractivity contribution in [3.05, 3.63) is 0 Å². The van der Waals surface area contributed by atoms with E-state index < -0.39 is 0 Å². The van der Waals surface area contributed by atoms with Crippen LogP contribution in [-0.4, -0.2) is 63.2 Å². The van der Waals surface area contributed by atoms with E-state index in [0.29, 0.717) is 5.41 Å². The van der Waals surface area contributed by atoms with Crippen LogP contribution in [0.15, 0.2) is 0 Å². The molecule has 2 rings (SSSR count). The predicted molar refractivity (Wildman–Crippen MR) is 91.8 cm³/mol. The fraction of sp³-hybridized carbons (Fsp3) is 1.00. The van der Waals surface area contributed by atoms with Crippen LogP contribution in [0.25, 0.3) is 0 Å². The Kier molecular flexibility index (Phi) is 6.97. The molecule has 0 aromatic rings. The van der Waals surface area contributed by atoms with Crippen LogP contribution in [-0.2, 0) is 0 Å². The van der Waals surface area contributed by atoms with Gasteiger partial charge in [-0.1, -0.05) is 26.2 Å². The molecule has 1 saturated heterocycles. The fourth-order valence-electron chi connectivity index (χ4n) is 4.40. The van der Waals surface area contributed by atoms with Gasteiger partial charge in [-0.05, 0) is 70.7 Å². The van der Waals surface area contributed by atoms with Crippen molar-refractivity contribution < 1.29 is 0 Å². The lowest BCUT2D eigenvalue weighted by Gasteiger charge is -2.43. The third kappa shape index (κ3) is 5.54. The second kappa shape index (κ2) is 8.50. The highest BCUT2D eigenvalue weighted by Crippen LogP contribution is 2.37. The zero-order valence-corrected chi connectivity index (χ0v) is 14.7. The molecule has 0 radical (unpaired) electrons. The van der Waals surface area contributed by atoms with Crippen molar-refractivity contribution in [1.82, 2.24) is 15.1 Å². The molecular weight excluding hydrogens is 258 g/mol. The lowest BCUT2D eigenvalue weighted by molar-refractivity contribution is 0.0738. The molecule has 0 bridgehead atoms. The summed E-state index contributed by atoms with van der Waals surface area (Å²) in [6.07, 6.45) is 10.0. The first kappa shape index (κ1) is 17.2. The van der Waals surface area contributed by atoms with Crippen LogP contribution in [0.1, 0.15) is 51.9 Å². The van der Waals surface area contributed by atoms with Crippen LogP contribution in [0.5, 0.6) is 0 Å². The van der Waals surface area contributed by atoms with E-state index in [1.807, 2.05) is 0 Å². The Morgan fingerprint density at radius 2 is 1.76 bits per heavy atom. The number of hydrogen-bond acceptors (Lipinski definition) is 3. The molecule has 1 aliphatic heterocycles. The highest BCUT2D eigenvalue weighted by Gasteiger charge is 2.34. The maximum atomic E-state index is 3.65. The molecule has 0 unspecified atom stereocenters. The van der Waals surface area contributed by atoms with Crippen molar-refractivity contribution in [1.29, 1.82) is 0 Å². The van der Waals surface area contributed by atoms with E-state index in [9.17, 15) is 0 Å². The molecule has 3 heteroatoms. The first-order valence-electron chi connectivity index (χ1n) is 9.21. The average Bonchev–Trinajstić information content (AvgIpc) is 2.48. The van der Waals surface area contributed by atoms with E-state index in [1.54, 1.807) is 0 Å². The predicted octanol–water partition coefficient (Wildman–Crippen LogP) is 2.82. The molecule has 21 heavy (non-hydrogen) atoms. The van der Waals surface area contributed by atoms with Crippen molar-refractivity contribution >= 4 is 0 Å². The highest BCUT2D eigenvalue weighted by molar-refractivity contribution is 4.89. The Labute approximate surface area is 132 Å². The van der Waals surface area contributed by atoms with Gasteiger partial charge in [0.2, 0.25) is 0 Å². The summed E-state index contributed by atoms with van der Waals surface area (Å²) in [5.41, 5.74) is 0.572. The minimum atomic E-state index is 0.572. The number of likely N-dealkylation sites (tertiary alicyclic amines) is 1. The number of nitrogens with one attached hydrogen (secondary N) is 1. The van der Waals surface area contributed by atoms with Gasteiger partial charge in [-0.15, -0.1) is 0 Å². The molecule has 2 aliphatic rings. The molecule has 0 atom stereocenters. The van der Waals surface area contributed by atoms with Gasteiger partial charge in [0.25, 0.3) is 0 Å². The van der Waals surface area contributed by atoms with Gasteiger partial charge in [0, 0.05) is 19.6 Å². The van der Waals surface area contributed by atoms with Crippen LogP contribution >= 0.6 is 0 Å². The highest BCUT2D eigenvalue weighted by atomic mass is 15.1. The Balaban J connectivity index is 1.81. The normalized spacial score (nSPS) is 24.6. The van der Waals surface area contributed by atoms with Crippen LogP contribution in [0.2, 0.25) is 0 Å². The summed E-state index contributed by atoms with van der Waals surface area (Å²) < 4.78 is 0. The van der Waals surface area contributed by atoms with Crippen LogP contribution < -0.4 is 5.32 Å². The van der Waals surface area contributed by atoms with E-state index >= 15 is 0 Å². The van der Waals surface area contributed by atoms with Crippen molar-refractivity contribution in [2.75, 3.05) is 53.4 Å². The van der Waals surface area contributed by atoms with Gasteiger partial charge in [0.1, 0.15) is 0 Å². The number of hydrogen-bond donors (Lipinski definition) is 1. The Morgan fingerprint density at radius 1 is 1.10 bits per heavy atom. The molecule has 1 aliphatic carbocycles. The van der Waals surface area contributed by atoms with Gasteiger partial charge in [-0.3, -0.25) is 0 Å². The summed E-state index contributed by atoms with van der Waals surface area (Å²) in [7, 11) is 4.42. The standard InChI is InChI=1S/C18H37N3/c1-4-19-15-18(10-6-5-7-11-18)16-21-12-8-17(9-13-21)14-20(2)3/h17,19H,4-16H2,1-3H3. The van der Waals surface area contributed by atoms with Gasteiger partial charge >= 0.3 is 0 Å². The summed E-state index contributed by atoms with van der Waals surface area (Å²) in [5.74, 6) is 0.923. The van der Waals surface area contributed by atoms with Crippen LogP contribution in [0.4, 0.5) is 0 Å². The zero-order valence-electron chi connectivity index (χ0n) is 14.7. The van der Waals surface area contributed by atoms with Crippen molar-refractivity contribution in [3.63, 3.8) is 0 Å². The van der Waals surface area contributed by atoms with Crippen molar-refractivity contribution in [2.24, 2.45) is 11.3 Å². The molecule has 0 spiro atoms. The second-order valence-electron chi connectivity index (χ2n) is 7.82. The third-order valence-corrected chi connectivity index (χ3v) is 5.55. The minimum absolute atomic E-state index is 0.572. The van der Waals surface area contributed by atoms with E-state index in [1.165, 1.54) is 77.7 Å². The average molecular weight is 296 g/mol. The second-order valence-corrected chi connectivity index (χ2v) is 7.82. The Bertz CT molecular complexity index is 276. The molecule has 0 amide bonds. The summed E-state index contributed by atoms with van der Waals surface area (Å²) in [5, 5.41) is 3.65. The summed E-state index contributed by atoms with van der Waals surface area (Å²) in [6.45, 7) is 9.86. The van der Waals surface area contributed by atoms with Gasteiger partial charge in [0.15, 0.2) is 0 Å². The van der Waals surface area contributed by atoms with Crippen molar-refractivity contribution in [2.45, 2.75) is 51.9 Å². The minimum Gasteiger partial charge on any atom is -0.316 e. The third-order valence-electron chi connectivity index (χ3n) is 5.55. The van der Waals surface area contributed by atoms with E-state index in [2.05, 4.69) is 36.1 Å².